The van der Waals surface area contributed by atoms with Gasteiger partial charge in [0.25, 0.3) is 0 Å². The van der Waals surface area contributed by atoms with Gasteiger partial charge in [-0.2, -0.15) is 0 Å². The third kappa shape index (κ3) is 3.56. The first kappa shape index (κ1) is 12.1. The lowest BCUT2D eigenvalue weighted by Crippen LogP contribution is -2.20. The van der Waals surface area contributed by atoms with Crippen molar-refractivity contribution in [2.45, 2.75) is 39.8 Å². The van der Waals surface area contributed by atoms with Crippen LogP contribution in [0.1, 0.15) is 39.3 Å². The van der Waals surface area contributed by atoms with E-state index in [-0.39, 0.29) is 0 Å². The van der Waals surface area contributed by atoms with Gasteiger partial charge in [0, 0.05) is 17.8 Å². The molecule has 0 saturated heterocycles. The van der Waals surface area contributed by atoms with E-state index in [2.05, 4.69) is 62.6 Å². The maximum atomic E-state index is 3.47. The van der Waals surface area contributed by atoms with Gasteiger partial charge in [0.15, 0.2) is 0 Å². The number of nitrogens with one attached hydrogen (secondary N) is 2. The molecule has 0 fully saturated rings. The van der Waals surface area contributed by atoms with Crippen molar-refractivity contribution in [3.05, 3.63) is 29.8 Å². The van der Waals surface area contributed by atoms with E-state index in [9.17, 15) is 0 Å². The van der Waals surface area contributed by atoms with Crippen molar-refractivity contribution in [1.29, 1.82) is 0 Å². The molecule has 0 aliphatic carbocycles. The first-order valence-corrected chi connectivity index (χ1v) is 5.74. The lowest BCUT2D eigenvalue weighted by Gasteiger charge is -2.19. The van der Waals surface area contributed by atoms with Crippen LogP contribution in [0.5, 0.6) is 0 Å². The summed E-state index contributed by atoms with van der Waals surface area (Å²) in [6.07, 6.45) is 0. The van der Waals surface area contributed by atoms with Gasteiger partial charge in [0.05, 0.1) is 0 Å². The molecule has 1 atom stereocenters. The minimum Gasteiger partial charge on any atom is -0.383 e. The summed E-state index contributed by atoms with van der Waals surface area (Å²) in [5.74, 6) is 0. The van der Waals surface area contributed by atoms with Crippen LogP contribution in [0.2, 0.25) is 0 Å². The van der Waals surface area contributed by atoms with Gasteiger partial charge in [-0.25, -0.2) is 0 Å². The van der Waals surface area contributed by atoms with Gasteiger partial charge in [-0.05, 0) is 38.9 Å². The Balaban J connectivity index is 2.85. The molecule has 0 heterocycles. The lowest BCUT2D eigenvalue weighted by atomic mass is 10.1. The van der Waals surface area contributed by atoms with Crippen LogP contribution >= 0.6 is 0 Å². The van der Waals surface area contributed by atoms with E-state index in [1.807, 2.05) is 0 Å². The number of hydrogen-bond donors (Lipinski definition) is 2. The molecule has 0 spiro atoms. The van der Waals surface area contributed by atoms with Crippen LogP contribution in [-0.2, 0) is 0 Å². The summed E-state index contributed by atoms with van der Waals surface area (Å²) in [7, 11) is 0. The highest BCUT2D eigenvalue weighted by molar-refractivity contribution is 5.52. The fourth-order valence-electron chi connectivity index (χ4n) is 1.73. The Morgan fingerprint density at radius 3 is 2.40 bits per heavy atom. The van der Waals surface area contributed by atoms with Crippen LogP contribution in [0.4, 0.5) is 5.69 Å². The minimum absolute atomic E-state index is 0.400. The molecular weight excluding hydrogens is 184 g/mol. The molecule has 1 aromatic carbocycles. The molecule has 0 amide bonds. The second-order valence-electron chi connectivity index (χ2n) is 4.17. The summed E-state index contributed by atoms with van der Waals surface area (Å²) >= 11 is 0. The lowest BCUT2D eigenvalue weighted by molar-refractivity contribution is 0.598. The second-order valence-corrected chi connectivity index (χ2v) is 4.17. The van der Waals surface area contributed by atoms with E-state index in [0.29, 0.717) is 12.1 Å². The van der Waals surface area contributed by atoms with Crippen molar-refractivity contribution >= 4 is 5.69 Å². The smallest absolute Gasteiger partial charge is 0.0390 e. The molecule has 2 N–H and O–H groups in total. The van der Waals surface area contributed by atoms with Crippen LogP contribution in [0.25, 0.3) is 0 Å². The van der Waals surface area contributed by atoms with Crippen LogP contribution in [0, 0.1) is 0 Å². The summed E-state index contributed by atoms with van der Waals surface area (Å²) in [6.45, 7) is 9.65. The predicted molar refractivity (Wildman–Crippen MR) is 67.3 cm³/mol. The normalized spacial score (nSPS) is 12.9. The highest BCUT2D eigenvalue weighted by Crippen LogP contribution is 2.22. The Morgan fingerprint density at radius 2 is 1.80 bits per heavy atom. The molecule has 0 bridgehead atoms. The van der Waals surface area contributed by atoms with E-state index in [4.69, 9.17) is 0 Å². The third-order valence-electron chi connectivity index (χ3n) is 2.38. The zero-order chi connectivity index (χ0) is 11.3. The molecule has 1 aromatic rings. The van der Waals surface area contributed by atoms with Gasteiger partial charge >= 0.3 is 0 Å². The molecule has 1 unspecified atom stereocenters. The third-order valence-corrected chi connectivity index (χ3v) is 2.38. The molecule has 0 radical (unpaired) electrons. The summed E-state index contributed by atoms with van der Waals surface area (Å²) in [5.41, 5.74) is 2.58. The summed E-state index contributed by atoms with van der Waals surface area (Å²) in [4.78, 5) is 0. The molecule has 0 saturated carbocycles. The molecule has 0 aromatic heterocycles. The first-order valence-electron chi connectivity index (χ1n) is 5.74. The van der Waals surface area contributed by atoms with Crippen molar-refractivity contribution in [2.75, 3.05) is 11.9 Å². The Labute approximate surface area is 93.1 Å². The SMILES string of the molecule is CCNC(C)c1ccccc1NC(C)C. The molecule has 0 aliphatic rings. The van der Waals surface area contributed by atoms with Crippen LogP contribution < -0.4 is 10.6 Å². The predicted octanol–water partition coefficient (Wildman–Crippen LogP) is 3.18. The quantitative estimate of drug-likeness (QED) is 0.773. The summed E-state index contributed by atoms with van der Waals surface area (Å²) in [5, 5.41) is 6.91. The minimum atomic E-state index is 0.400. The molecule has 1 rings (SSSR count). The Bertz CT molecular complexity index is 294. The Kier molecular flexibility index (Phi) is 4.63. The van der Waals surface area contributed by atoms with E-state index in [0.717, 1.165) is 6.54 Å². The Morgan fingerprint density at radius 1 is 1.13 bits per heavy atom. The average molecular weight is 206 g/mol. The molecule has 2 nitrogen and oxygen atoms in total. The van der Waals surface area contributed by atoms with E-state index >= 15 is 0 Å². The van der Waals surface area contributed by atoms with E-state index in [1.165, 1.54) is 11.3 Å². The van der Waals surface area contributed by atoms with Gasteiger partial charge in [0.1, 0.15) is 0 Å². The van der Waals surface area contributed by atoms with E-state index in [1.54, 1.807) is 0 Å². The first-order chi connectivity index (χ1) is 7.15. The topological polar surface area (TPSA) is 24.1 Å². The fraction of sp³-hybridized carbons (Fsp3) is 0.538. The number of anilines is 1. The van der Waals surface area contributed by atoms with Crippen molar-refractivity contribution in [2.24, 2.45) is 0 Å². The zero-order valence-electron chi connectivity index (χ0n) is 10.2. The van der Waals surface area contributed by atoms with Gasteiger partial charge in [-0.1, -0.05) is 25.1 Å². The molecule has 15 heavy (non-hydrogen) atoms. The van der Waals surface area contributed by atoms with Gasteiger partial charge < -0.3 is 10.6 Å². The maximum absolute atomic E-state index is 3.47. The van der Waals surface area contributed by atoms with Gasteiger partial charge in [-0.3, -0.25) is 0 Å². The standard InChI is InChI=1S/C13H22N2/c1-5-14-11(4)12-8-6-7-9-13(12)15-10(2)3/h6-11,14-15H,5H2,1-4H3. The summed E-state index contributed by atoms with van der Waals surface area (Å²) in [6, 6.07) is 9.36. The molecular formula is C13H22N2. The average Bonchev–Trinajstić information content (AvgIpc) is 2.18. The zero-order valence-corrected chi connectivity index (χ0v) is 10.2. The van der Waals surface area contributed by atoms with Crippen LogP contribution in [0.15, 0.2) is 24.3 Å². The van der Waals surface area contributed by atoms with E-state index < -0.39 is 0 Å². The molecule has 0 aliphatic heterocycles. The van der Waals surface area contributed by atoms with Crippen molar-refractivity contribution in [3.8, 4) is 0 Å². The van der Waals surface area contributed by atoms with Crippen molar-refractivity contribution in [3.63, 3.8) is 0 Å². The summed E-state index contributed by atoms with van der Waals surface area (Å²) < 4.78 is 0. The van der Waals surface area contributed by atoms with Gasteiger partial charge in [-0.15, -0.1) is 0 Å². The van der Waals surface area contributed by atoms with Crippen molar-refractivity contribution < 1.29 is 0 Å². The fourth-order valence-corrected chi connectivity index (χ4v) is 1.73. The monoisotopic (exact) mass is 206 g/mol. The number of benzene rings is 1. The molecule has 2 heteroatoms. The second kappa shape index (κ2) is 5.76. The largest absolute Gasteiger partial charge is 0.383 e. The number of rotatable bonds is 5. The maximum Gasteiger partial charge on any atom is 0.0390 e. The highest BCUT2D eigenvalue weighted by Gasteiger charge is 2.08. The highest BCUT2D eigenvalue weighted by atomic mass is 14.9. The van der Waals surface area contributed by atoms with Crippen molar-refractivity contribution in [1.82, 2.24) is 5.32 Å². The molecule has 84 valence electrons. The number of para-hydroxylation sites is 1. The van der Waals surface area contributed by atoms with Gasteiger partial charge in [0.2, 0.25) is 0 Å². The Hall–Kier alpha value is -1.02. The van der Waals surface area contributed by atoms with Crippen LogP contribution in [0.3, 0.4) is 0 Å². The number of hydrogen-bond acceptors (Lipinski definition) is 2. The van der Waals surface area contributed by atoms with Crippen LogP contribution in [-0.4, -0.2) is 12.6 Å².